The molecule has 5 heteroatoms. The Balaban J connectivity index is 1.73. The minimum atomic E-state index is 0.615. The highest BCUT2D eigenvalue weighted by Crippen LogP contribution is 2.11. The summed E-state index contributed by atoms with van der Waals surface area (Å²) in [5.41, 5.74) is 2.32. The summed E-state index contributed by atoms with van der Waals surface area (Å²) in [5, 5.41) is 6.53. The SMILES string of the molecule is CCNC(=NCc1ccc(OC)cc1)NCCOCc1ccccc1. The maximum Gasteiger partial charge on any atom is 0.191 e. The highest BCUT2D eigenvalue weighted by molar-refractivity contribution is 5.79. The van der Waals surface area contributed by atoms with Crippen molar-refractivity contribution in [3.05, 3.63) is 65.7 Å². The molecule has 2 N–H and O–H groups in total. The van der Waals surface area contributed by atoms with Crippen LogP contribution in [0.4, 0.5) is 0 Å². The zero-order valence-electron chi connectivity index (χ0n) is 15.0. The summed E-state index contributed by atoms with van der Waals surface area (Å²) in [5.74, 6) is 1.65. The highest BCUT2D eigenvalue weighted by Gasteiger charge is 1.99. The molecule has 0 amide bonds. The van der Waals surface area contributed by atoms with Gasteiger partial charge in [-0.05, 0) is 30.2 Å². The molecule has 0 saturated heterocycles. The number of nitrogens with zero attached hydrogens (tertiary/aromatic N) is 1. The zero-order valence-corrected chi connectivity index (χ0v) is 15.0. The molecule has 0 aliphatic heterocycles. The molecule has 0 bridgehead atoms. The molecule has 2 aromatic carbocycles. The summed E-state index contributed by atoms with van der Waals surface area (Å²) in [4.78, 5) is 4.59. The summed E-state index contributed by atoms with van der Waals surface area (Å²) in [6.07, 6.45) is 0. The molecule has 25 heavy (non-hydrogen) atoms. The Morgan fingerprint density at radius 2 is 1.72 bits per heavy atom. The molecule has 0 fully saturated rings. The first-order valence-electron chi connectivity index (χ1n) is 8.58. The predicted octanol–water partition coefficient (Wildman–Crippen LogP) is 2.97. The summed E-state index contributed by atoms with van der Waals surface area (Å²) < 4.78 is 10.8. The van der Waals surface area contributed by atoms with Crippen molar-refractivity contribution in [2.75, 3.05) is 26.8 Å². The average Bonchev–Trinajstić information content (AvgIpc) is 2.67. The number of ether oxygens (including phenoxy) is 2. The third kappa shape index (κ3) is 7.27. The molecular weight excluding hydrogens is 314 g/mol. The molecule has 0 unspecified atom stereocenters. The largest absolute Gasteiger partial charge is 0.497 e. The lowest BCUT2D eigenvalue weighted by molar-refractivity contribution is 0.125. The maximum atomic E-state index is 5.68. The molecule has 0 aliphatic carbocycles. The van der Waals surface area contributed by atoms with Crippen molar-refractivity contribution in [2.45, 2.75) is 20.1 Å². The Morgan fingerprint density at radius 1 is 0.960 bits per heavy atom. The Morgan fingerprint density at radius 3 is 2.40 bits per heavy atom. The highest BCUT2D eigenvalue weighted by atomic mass is 16.5. The van der Waals surface area contributed by atoms with E-state index in [4.69, 9.17) is 9.47 Å². The van der Waals surface area contributed by atoms with E-state index < -0.39 is 0 Å². The van der Waals surface area contributed by atoms with Crippen molar-refractivity contribution >= 4 is 5.96 Å². The minimum absolute atomic E-state index is 0.615. The van der Waals surface area contributed by atoms with Gasteiger partial charge < -0.3 is 20.1 Å². The van der Waals surface area contributed by atoms with E-state index in [9.17, 15) is 0 Å². The van der Waals surface area contributed by atoms with Gasteiger partial charge >= 0.3 is 0 Å². The molecule has 0 spiro atoms. The maximum absolute atomic E-state index is 5.68. The summed E-state index contributed by atoms with van der Waals surface area (Å²) >= 11 is 0. The van der Waals surface area contributed by atoms with E-state index in [2.05, 4.69) is 34.7 Å². The van der Waals surface area contributed by atoms with E-state index in [0.717, 1.165) is 23.8 Å². The Hall–Kier alpha value is -2.53. The first-order chi connectivity index (χ1) is 12.3. The fourth-order valence-electron chi connectivity index (χ4n) is 2.25. The van der Waals surface area contributed by atoms with Gasteiger partial charge in [0.25, 0.3) is 0 Å². The van der Waals surface area contributed by atoms with Crippen LogP contribution in [-0.2, 0) is 17.9 Å². The minimum Gasteiger partial charge on any atom is -0.497 e. The number of hydrogen-bond donors (Lipinski definition) is 2. The molecule has 0 aromatic heterocycles. The molecule has 2 aromatic rings. The Bertz CT molecular complexity index is 627. The summed E-state index contributed by atoms with van der Waals surface area (Å²) in [7, 11) is 1.67. The van der Waals surface area contributed by atoms with Gasteiger partial charge in [0.1, 0.15) is 5.75 Å². The Kier molecular flexibility index (Phi) is 8.35. The van der Waals surface area contributed by atoms with Gasteiger partial charge in [-0.2, -0.15) is 0 Å². The zero-order chi connectivity index (χ0) is 17.7. The van der Waals surface area contributed by atoms with Crippen LogP contribution in [0.15, 0.2) is 59.6 Å². The van der Waals surface area contributed by atoms with Crippen LogP contribution in [0.2, 0.25) is 0 Å². The van der Waals surface area contributed by atoms with Gasteiger partial charge in [-0.25, -0.2) is 4.99 Å². The van der Waals surface area contributed by atoms with Crippen LogP contribution in [0.1, 0.15) is 18.1 Å². The van der Waals surface area contributed by atoms with Crippen LogP contribution >= 0.6 is 0 Å². The molecule has 134 valence electrons. The summed E-state index contributed by atoms with van der Waals surface area (Å²) in [6.45, 7) is 5.45. The van der Waals surface area contributed by atoms with Crippen molar-refractivity contribution in [2.24, 2.45) is 4.99 Å². The van der Waals surface area contributed by atoms with Crippen LogP contribution in [0.3, 0.4) is 0 Å². The molecule has 2 rings (SSSR count). The lowest BCUT2D eigenvalue weighted by Crippen LogP contribution is -2.38. The van der Waals surface area contributed by atoms with Crippen molar-refractivity contribution < 1.29 is 9.47 Å². The topological polar surface area (TPSA) is 54.9 Å². The smallest absolute Gasteiger partial charge is 0.191 e. The Labute approximate surface area is 150 Å². The molecule has 0 aliphatic rings. The van der Waals surface area contributed by atoms with Crippen LogP contribution < -0.4 is 15.4 Å². The van der Waals surface area contributed by atoms with Crippen molar-refractivity contribution in [3.63, 3.8) is 0 Å². The monoisotopic (exact) mass is 341 g/mol. The van der Waals surface area contributed by atoms with Crippen LogP contribution in [-0.4, -0.2) is 32.8 Å². The number of aliphatic imine (C=N–C) groups is 1. The van der Waals surface area contributed by atoms with E-state index >= 15 is 0 Å². The van der Waals surface area contributed by atoms with E-state index in [0.29, 0.717) is 26.3 Å². The standard InChI is InChI=1S/C20H27N3O2/c1-3-21-20(23-15-17-9-11-19(24-2)12-10-17)22-13-14-25-16-18-7-5-4-6-8-18/h4-12H,3,13-16H2,1-2H3,(H2,21,22,23). The van der Waals surface area contributed by atoms with Crippen molar-refractivity contribution in [3.8, 4) is 5.75 Å². The summed E-state index contributed by atoms with van der Waals surface area (Å²) in [6, 6.07) is 18.1. The van der Waals surface area contributed by atoms with E-state index in [1.54, 1.807) is 7.11 Å². The van der Waals surface area contributed by atoms with Gasteiger partial charge in [0.2, 0.25) is 0 Å². The third-order valence-electron chi connectivity index (χ3n) is 3.57. The number of guanidine groups is 1. The van der Waals surface area contributed by atoms with Crippen LogP contribution in [0, 0.1) is 0 Å². The normalized spacial score (nSPS) is 11.2. The number of hydrogen-bond acceptors (Lipinski definition) is 3. The first-order valence-corrected chi connectivity index (χ1v) is 8.58. The molecule has 5 nitrogen and oxygen atoms in total. The lowest BCUT2D eigenvalue weighted by Gasteiger charge is -2.11. The van der Waals surface area contributed by atoms with E-state index in [1.807, 2.05) is 42.5 Å². The fraction of sp³-hybridized carbons (Fsp3) is 0.350. The average molecular weight is 341 g/mol. The second-order valence-corrected chi connectivity index (χ2v) is 5.51. The van der Waals surface area contributed by atoms with Crippen molar-refractivity contribution in [1.82, 2.24) is 10.6 Å². The first kappa shape index (κ1) is 18.8. The molecule has 0 radical (unpaired) electrons. The number of methoxy groups -OCH3 is 1. The number of nitrogens with one attached hydrogen (secondary N) is 2. The predicted molar refractivity (Wildman–Crippen MR) is 102 cm³/mol. The second-order valence-electron chi connectivity index (χ2n) is 5.51. The molecule has 0 heterocycles. The molecule has 0 atom stereocenters. The van der Waals surface area contributed by atoms with Gasteiger partial charge in [-0.15, -0.1) is 0 Å². The van der Waals surface area contributed by atoms with Crippen LogP contribution in [0.25, 0.3) is 0 Å². The van der Waals surface area contributed by atoms with Gasteiger partial charge in [0.15, 0.2) is 5.96 Å². The third-order valence-corrected chi connectivity index (χ3v) is 3.57. The van der Waals surface area contributed by atoms with Gasteiger partial charge in [-0.3, -0.25) is 0 Å². The second kappa shape index (κ2) is 11.1. The fourth-order valence-corrected chi connectivity index (χ4v) is 2.25. The number of rotatable bonds is 9. The van der Waals surface area contributed by atoms with Crippen molar-refractivity contribution in [1.29, 1.82) is 0 Å². The lowest BCUT2D eigenvalue weighted by atomic mass is 10.2. The van der Waals surface area contributed by atoms with E-state index in [1.165, 1.54) is 5.56 Å². The van der Waals surface area contributed by atoms with Crippen LogP contribution in [0.5, 0.6) is 5.75 Å². The van der Waals surface area contributed by atoms with Gasteiger partial charge in [-0.1, -0.05) is 42.5 Å². The van der Waals surface area contributed by atoms with E-state index in [-0.39, 0.29) is 0 Å². The quantitative estimate of drug-likeness (QED) is 0.418. The molecule has 0 saturated carbocycles. The van der Waals surface area contributed by atoms with Gasteiger partial charge in [0.05, 0.1) is 26.9 Å². The molecular formula is C20H27N3O2. The number of benzene rings is 2. The van der Waals surface area contributed by atoms with Gasteiger partial charge in [0, 0.05) is 13.1 Å².